The Hall–Kier alpha value is 0.210. The second kappa shape index (κ2) is 3.30. The SMILES string of the molecule is CN(CC(F)(F)Br)S(N)(=O)=O. The average Bonchev–Trinajstić information content (AvgIpc) is 1.56. The highest BCUT2D eigenvalue weighted by Gasteiger charge is 2.29. The van der Waals surface area contributed by atoms with Crippen molar-refractivity contribution in [3.05, 3.63) is 0 Å². The maximum Gasteiger partial charge on any atom is 0.314 e. The van der Waals surface area contributed by atoms with E-state index in [1.165, 1.54) is 0 Å². The van der Waals surface area contributed by atoms with Crippen molar-refractivity contribution in [1.29, 1.82) is 0 Å². The molecule has 0 atom stereocenters. The van der Waals surface area contributed by atoms with Crippen molar-refractivity contribution in [3.63, 3.8) is 0 Å². The Morgan fingerprint density at radius 1 is 1.64 bits per heavy atom. The first kappa shape index (κ1) is 11.2. The van der Waals surface area contributed by atoms with Crippen molar-refractivity contribution in [2.75, 3.05) is 13.6 Å². The van der Waals surface area contributed by atoms with Gasteiger partial charge < -0.3 is 0 Å². The summed E-state index contributed by atoms with van der Waals surface area (Å²) in [7, 11) is -3.05. The molecule has 0 aromatic rings. The summed E-state index contributed by atoms with van der Waals surface area (Å²) in [5.41, 5.74) is 0. The minimum absolute atomic E-state index is 0.349. The highest BCUT2D eigenvalue weighted by Crippen LogP contribution is 2.22. The van der Waals surface area contributed by atoms with E-state index in [0.717, 1.165) is 7.05 Å². The van der Waals surface area contributed by atoms with Gasteiger partial charge in [0.25, 0.3) is 10.2 Å². The fourth-order valence-electron chi connectivity index (χ4n) is 0.342. The van der Waals surface area contributed by atoms with Crippen LogP contribution in [0.5, 0.6) is 0 Å². The van der Waals surface area contributed by atoms with Crippen LogP contribution < -0.4 is 5.14 Å². The summed E-state index contributed by atoms with van der Waals surface area (Å²) in [4.78, 5) is -3.24. The normalized spacial score (nSPS) is 14.0. The van der Waals surface area contributed by atoms with E-state index in [4.69, 9.17) is 0 Å². The van der Waals surface area contributed by atoms with E-state index in [2.05, 4.69) is 5.14 Å². The van der Waals surface area contributed by atoms with Crippen molar-refractivity contribution in [1.82, 2.24) is 4.31 Å². The summed E-state index contributed by atoms with van der Waals surface area (Å²) in [6.07, 6.45) is 0. The van der Waals surface area contributed by atoms with Crippen LogP contribution >= 0.6 is 15.9 Å². The van der Waals surface area contributed by atoms with Gasteiger partial charge in [0.15, 0.2) is 0 Å². The summed E-state index contributed by atoms with van der Waals surface area (Å²) < 4.78 is 45.2. The molecule has 4 nitrogen and oxygen atoms in total. The van der Waals surface area contributed by atoms with E-state index >= 15 is 0 Å². The molecule has 0 saturated carbocycles. The molecule has 0 radical (unpaired) electrons. The van der Waals surface area contributed by atoms with E-state index in [9.17, 15) is 17.2 Å². The molecule has 0 aromatic carbocycles. The number of alkyl halides is 3. The summed E-state index contributed by atoms with van der Waals surface area (Å²) in [6, 6.07) is 0. The molecule has 0 amide bonds. The smallest absolute Gasteiger partial charge is 0.216 e. The number of nitrogens with two attached hydrogens (primary N) is 1. The average molecular weight is 253 g/mol. The first-order valence-corrected chi connectivity index (χ1v) is 4.73. The standard InChI is InChI=1S/C3H7BrF2N2O2S/c1-8(11(7,9)10)2-3(4,5)6/h2H2,1H3,(H2,7,9,10). The Kier molecular flexibility index (Phi) is 3.36. The topological polar surface area (TPSA) is 63.4 Å². The van der Waals surface area contributed by atoms with Crippen LogP contribution in [0.4, 0.5) is 8.78 Å². The van der Waals surface area contributed by atoms with Gasteiger partial charge in [0.2, 0.25) is 0 Å². The van der Waals surface area contributed by atoms with Gasteiger partial charge in [-0.05, 0) is 15.9 Å². The molecule has 68 valence electrons. The van der Waals surface area contributed by atoms with E-state index in [-0.39, 0.29) is 0 Å². The van der Waals surface area contributed by atoms with Crippen LogP contribution in [0.3, 0.4) is 0 Å². The molecule has 8 heteroatoms. The first-order valence-electron chi connectivity index (χ1n) is 2.44. The van der Waals surface area contributed by atoms with Gasteiger partial charge in [0, 0.05) is 7.05 Å². The predicted molar refractivity (Wildman–Crippen MR) is 39.6 cm³/mol. The van der Waals surface area contributed by atoms with Gasteiger partial charge in [0.1, 0.15) is 0 Å². The maximum atomic E-state index is 12.1. The summed E-state index contributed by atoms with van der Waals surface area (Å²) >= 11 is 1.98. The summed E-state index contributed by atoms with van der Waals surface area (Å²) in [5, 5.41) is 4.53. The van der Waals surface area contributed by atoms with E-state index in [0.29, 0.717) is 4.31 Å². The minimum Gasteiger partial charge on any atom is -0.216 e. The monoisotopic (exact) mass is 252 g/mol. The van der Waals surface area contributed by atoms with Crippen molar-refractivity contribution in [2.45, 2.75) is 4.83 Å². The third kappa shape index (κ3) is 5.48. The highest BCUT2D eigenvalue weighted by atomic mass is 79.9. The quantitative estimate of drug-likeness (QED) is 0.725. The van der Waals surface area contributed by atoms with Crippen LogP contribution in [0, 0.1) is 0 Å². The zero-order valence-corrected chi connectivity index (χ0v) is 7.99. The van der Waals surface area contributed by atoms with Crippen LogP contribution in [0.25, 0.3) is 0 Å². The van der Waals surface area contributed by atoms with Gasteiger partial charge in [-0.25, -0.2) is 5.14 Å². The third-order valence-corrected chi connectivity index (χ3v) is 2.09. The first-order chi connectivity index (χ1) is 4.63. The molecule has 0 rings (SSSR count). The molecule has 0 heterocycles. The highest BCUT2D eigenvalue weighted by molar-refractivity contribution is 9.10. The van der Waals surface area contributed by atoms with Crippen molar-refractivity contribution in [3.8, 4) is 0 Å². The lowest BCUT2D eigenvalue weighted by molar-refractivity contribution is 0.0951. The number of hydrogen-bond acceptors (Lipinski definition) is 2. The maximum absolute atomic E-state index is 12.1. The molecule has 0 aliphatic heterocycles. The number of halogens is 3. The Bertz CT molecular complexity index is 224. The van der Waals surface area contributed by atoms with Gasteiger partial charge in [0.05, 0.1) is 6.54 Å². The third-order valence-electron chi connectivity index (χ3n) is 0.836. The van der Waals surface area contributed by atoms with Crippen LogP contribution in [-0.4, -0.2) is 31.1 Å². The second-order valence-electron chi connectivity index (χ2n) is 1.92. The van der Waals surface area contributed by atoms with Crippen LogP contribution in [0.2, 0.25) is 0 Å². The predicted octanol–water partition coefficient (Wildman–Crippen LogP) is 0.109. The molecular weight excluding hydrogens is 246 g/mol. The van der Waals surface area contributed by atoms with E-state index < -0.39 is 21.6 Å². The second-order valence-corrected chi connectivity index (χ2v) is 4.73. The molecule has 11 heavy (non-hydrogen) atoms. The van der Waals surface area contributed by atoms with Crippen molar-refractivity contribution >= 4 is 26.1 Å². The number of rotatable bonds is 3. The van der Waals surface area contributed by atoms with E-state index in [1.54, 1.807) is 0 Å². The summed E-state index contributed by atoms with van der Waals surface area (Å²) in [6.45, 7) is -0.980. The van der Waals surface area contributed by atoms with Gasteiger partial charge in [-0.15, -0.1) is 0 Å². The van der Waals surface area contributed by atoms with Gasteiger partial charge >= 0.3 is 4.83 Å². The van der Waals surface area contributed by atoms with Gasteiger partial charge in [-0.1, -0.05) is 0 Å². The van der Waals surface area contributed by atoms with Crippen LogP contribution in [0.15, 0.2) is 0 Å². The number of hydrogen-bond donors (Lipinski definition) is 1. The minimum atomic E-state index is -4.01. The fourth-order valence-corrected chi connectivity index (χ4v) is 1.23. The molecule has 0 spiro atoms. The lowest BCUT2D eigenvalue weighted by atomic mass is 10.7. The molecule has 0 aliphatic rings. The molecule has 0 bridgehead atoms. The molecule has 0 unspecified atom stereocenters. The molecule has 0 aromatic heterocycles. The van der Waals surface area contributed by atoms with Gasteiger partial charge in [-0.2, -0.15) is 21.5 Å². The van der Waals surface area contributed by atoms with E-state index in [1.807, 2.05) is 15.9 Å². The molecule has 2 N–H and O–H groups in total. The van der Waals surface area contributed by atoms with Crippen LogP contribution in [0.1, 0.15) is 0 Å². The largest absolute Gasteiger partial charge is 0.314 e. The molecule has 0 fully saturated rings. The lowest BCUT2D eigenvalue weighted by Gasteiger charge is -2.16. The Labute approximate surface area is 71.7 Å². The zero-order valence-electron chi connectivity index (χ0n) is 5.59. The lowest BCUT2D eigenvalue weighted by Crippen LogP contribution is -2.39. The van der Waals surface area contributed by atoms with Gasteiger partial charge in [-0.3, -0.25) is 0 Å². The zero-order chi connectivity index (χ0) is 9.28. The van der Waals surface area contributed by atoms with Crippen molar-refractivity contribution < 1.29 is 17.2 Å². The Balaban J connectivity index is 4.22. The van der Waals surface area contributed by atoms with Crippen molar-refractivity contribution in [2.24, 2.45) is 5.14 Å². The fraction of sp³-hybridized carbons (Fsp3) is 1.00. The molecular formula is C3H7BrF2N2O2S. The molecule has 0 saturated heterocycles. The summed E-state index contributed by atoms with van der Waals surface area (Å²) in [5.74, 6) is 0. The van der Waals surface area contributed by atoms with Crippen LogP contribution in [-0.2, 0) is 10.2 Å². The number of nitrogens with zero attached hydrogens (tertiary/aromatic N) is 1. The Morgan fingerprint density at radius 3 is 2.09 bits per heavy atom. The Morgan fingerprint density at radius 2 is 2.00 bits per heavy atom. The molecule has 0 aliphatic carbocycles.